The number of hydrogen-bond donors (Lipinski definition) is 2. The molecular weight excluding hydrogens is 230 g/mol. The van der Waals surface area contributed by atoms with E-state index < -0.39 is 5.97 Å². The fraction of sp³-hybridized carbons (Fsp3) is 0.500. The standard InChI is InChI=1S/C14H21NO3/c1-4-10-8-12(6-7-13(10)18-3)15-9-11(5-2)14(16)17/h6-8,11,15H,4-5,9H2,1-3H3,(H,16,17). The second kappa shape index (κ2) is 6.89. The molecule has 0 fully saturated rings. The molecule has 1 rings (SSSR count). The first kappa shape index (κ1) is 14.4. The van der Waals surface area contributed by atoms with E-state index in [0.29, 0.717) is 13.0 Å². The van der Waals surface area contributed by atoms with Crippen LogP contribution in [0.15, 0.2) is 18.2 Å². The van der Waals surface area contributed by atoms with Crippen LogP contribution in [0.5, 0.6) is 5.75 Å². The molecule has 0 aliphatic heterocycles. The van der Waals surface area contributed by atoms with Crippen LogP contribution in [0.1, 0.15) is 25.8 Å². The SMILES string of the molecule is CCc1cc(NCC(CC)C(=O)O)ccc1OC. The predicted octanol–water partition coefficient (Wildman–Crippen LogP) is 2.78. The van der Waals surface area contributed by atoms with E-state index >= 15 is 0 Å². The molecule has 0 saturated heterocycles. The Balaban J connectivity index is 2.70. The molecule has 18 heavy (non-hydrogen) atoms. The Labute approximate surface area is 108 Å². The quantitative estimate of drug-likeness (QED) is 0.782. The molecule has 4 heteroatoms. The van der Waals surface area contributed by atoms with Crippen LogP contribution in [-0.2, 0) is 11.2 Å². The van der Waals surface area contributed by atoms with Gasteiger partial charge in [-0.25, -0.2) is 0 Å². The molecule has 0 heterocycles. The molecule has 1 atom stereocenters. The number of anilines is 1. The highest BCUT2D eigenvalue weighted by molar-refractivity contribution is 5.70. The number of aryl methyl sites for hydroxylation is 1. The second-order valence-electron chi connectivity index (χ2n) is 4.20. The first-order valence-corrected chi connectivity index (χ1v) is 6.25. The summed E-state index contributed by atoms with van der Waals surface area (Å²) in [6.45, 7) is 4.39. The maximum Gasteiger partial charge on any atom is 0.308 e. The van der Waals surface area contributed by atoms with Gasteiger partial charge >= 0.3 is 5.97 Å². The van der Waals surface area contributed by atoms with Gasteiger partial charge in [-0.2, -0.15) is 0 Å². The third-order valence-electron chi connectivity index (χ3n) is 3.06. The number of carboxylic acids is 1. The lowest BCUT2D eigenvalue weighted by molar-refractivity contribution is -0.141. The molecule has 1 aromatic carbocycles. The zero-order valence-electron chi connectivity index (χ0n) is 11.2. The molecule has 0 amide bonds. The Morgan fingerprint density at radius 3 is 2.67 bits per heavy atom. The fourth-order valence-electron chi connectivity index (χ4n) is 1.81. The summed E-state index contributed by atoms with van der Waals surface area (Å²) in [6, 6.07) is 5.82. The maximum absolute atomic E-state index is 10.9. The molecule has 100 valence electrons. The highest BCUT2D eigenvalue weighted by Crippen LogP contribution is 2.23. The predicted molar refractivity (Wildman–Crippen MR) is 72.3 cm³/mol. The van der Waals surface area contributed by atoms with Crippen molar-refractivity contribution >= 4 is 11.7 Å². The fourth-order valence-corrected chi connectivity index (χ4v) is 1.81. The molecule has 0 saturated carbocycles. The van der Waals surface area contributed by atoms with Gasteiger partial charge in [-0.3, -0.25) is 4.79 Å². The highest BCUT2D eigenvalue weighted by Gasteiger charge is 2.14. The average molecular weight is 251 g/mol. The van der Waals surface area contributed by atoms with Crippen LogP contribution in [0.2, 0.25) is 0 Å². The van der Waals surface area contributed by atoms with Crippen LogP contribution < -0.4 is 10.1 Å². The lowest BCUT2D eigenvalue weighted by Gasteiger charge is -2.14. The average Bonchev–Trinajstić information content (AvgIpc) is 2.38. The van der Waals surface area contributed by atoms with Crippen molar-refractivity contribution in [2.75, 3.05) is 19.0 Å². The zero-order valence-corrected chi connectivity index (χ0v) is 11.2. The van der Waals surface area contributed by atoms with Gasteiger partial charge in [0.15, 0.2) is 0 Å². The van der Waals surface area contributed by atoms with Crippen molar-refractivity contribution in [2.24, 2.45) is 5.92 Å². The minimum atomic E-state index is -0.755. The molecule has 0 radical (unpaired) electrons. The van der Waals surface area contributed by atoms with Gasteiger partial charge in [-0.15, -0.1) is 0 Å². The van der Waals surface area contributed by atoms with E-state index in [9.17, 15) is 4.79 Å². The van der Waals surface area contributed by atoms with Gasteiger partial charge in [-0.05, 0) is 36.6 Å². The van der Waals surface area contributed by atoms with Crippen molar-refractivity contribution < 1.29 is 14.6 Å². The number of aliphatic carboxylic acids is 1. The number of carbonyl (C=O) groups is 1. The van der Waals surface area contributed by atoms with Crippen LogP contribution in [0.25, 0.3) is 0 Å². The Bertz CT molecular complexity index is 404. The van der Waals surface area contributed by atoms with Crippen molar-refractivity contribution in [3.05, 3.63) is 23.8 Å². The van der Waals surface area contributed by atoms with E-state index in [0.717, 1.165) is 23.4 Å². The van der Waals surface area contributed by atoms with Gasteiger partial charge in [0.2, 0.25) is 0 Å². The molecule has 1 aromatic rings. The molecule has 0 spiro atoms. The van der Waals surface area contributed by atoms with E-state index in [1.165, 1.54) is 0 Å². The largest absolute Gasteiger partial charge is 0.496 e. The van der Waals surface area contributed by atoms with Gasteiger partial charge in [0.1, 0.15) is 5.75 Å². The van der Waals surface area contributed by atoms with Gasteiger partial charge in [0, 0.05) is 12.2 Å². The second-order valence-corrected chi connectivity index (χ2v) is 4.20. The van der Waals surface area contributed by atoms with Gasteiger partial charge < -0.3 is 15.2 Å². The van der Waals surface area contributed by atoms with Crippen molar-refractivity contribution in [2.45, 2.75) is 26.7 Å². The summed E-state index contributed by atoms with van der Waals surface area (Å²) < 4.78 is 5.25. The monoisotopic (exact) mass is 251 g/mol. The zero-order chi connectivity index (χ0) is 13.5. The topological polar surface area (TPSA) is 58.6 Å². The minimum absolute atomic E-state index is 0.350. The van der Waals surface area contributed by atoms with Crippen molar-refractivity contribution in [3.8, 4) is 5.75 Å². The van der Waals surface area contributed by atoms with Gasteiger partial charge in [-0.1, -0.05) is 13.8 Å². The first-order valence-electron chi connectivity index (χ1n) is 6.25. The van der Waals surface area contributed by atoms with Crippen LogP contribution in [0.3, 0.4) is 0 Å². The van der Waals surface area contributed by atoms with Crippen LogP contribution >= 0.6 is 0 Å². The van der Waals surface area contributed by atoms with E-state index in [1.807, 2.05) is 25.1 Å². The van der Waals surface area contributed by atoms with Gasteiger partial charge in [0.25, 0.3) is 0 Å². The number of hydrogen-bond acceptors (Lipinski definition) is 3. The Morgan fingerprint density at radius 2 is 2.17 bits per heavy atom. The third kappa shape index (κ3) is 3.65. The Morgan fingerprint density at radius 1 is 1.44 bits per heavy atom. The molecule has 0 aliphatic rings. The minimum Gasteiger partial charge on any atom is -0.496 e. The van der Waals surface area contributed by atoms with E-state index in [2.05, 4.69) is 12.2 Å². The maximum atomic E-state index is 10.9. The molecule has 0 bridgehead atoms. The third-order valence-corrected chi connectivity index (χ3v) is 3.06. The number of methoxy groups -OCH3 is 1. The van der Waals surface area contributed by atoms with E-state index in [4.69, 9.17) is 9.84 Å². The summed E-state index contributed by atoms with van der Waals surface area (Å²) in [7, 11) is 1.65. The lowest BCUT2D eigenvalue weighted by atomic mass is 10.1. The normalized spacial score (nSPS) is 11.9. The van der Waals surface area contributed by atoms with Crippen molar-refractivity contribution in [3.63, 3.8) is 0 Å². The lowest BCUT2D eigenvalue weighted by Crippen LogP contribution is -2.22. The summed E-state index contributed by atoms with van der Waals surface area (Å²) in [4.78, 5) is 10.9. The highest BCUT2D eigenvalue weighted by atomic mass is 16.5. The Kier molecular flexibility index (Phi) is 5.49. The summed E-state index contributed by atoms with van der Waals surface area (Å²) >= 11 is 0. The van der Waals surface area contributed by atoms with Crippen LogP contribution in [0.4, 0.5) is 5.69 Å². The van der Waals surface area contributed by atoms with E-state index in [-0.39, 0.29) is 5.92 Å². The molecule has 2 N–H and O–H groups in total. The van der Waals surface area contributed by atoms with Crippen LogP contribution in [-0.4, -0.2) is 24.7 Å². The van der Waals surface area contributed by atoms with Gasteiger partial charge in [0.05, 0.1) is 13.0 Å². The molecule has 0 aromatic heterocycles. The van der Waals surface area contributed by atoms with E-state index in [1.54, 1.807) is 7.11 Å². The number of ether oxygens (including phenoxy) is 1. The molecule has 4 nitrogen and oxygen atoms in total. The summed E-state index contributed by atoms with van der Waals surface area (Å²) in [5.74, 6) is -0.236. The molecular formula is C14H21NO3. The summed E-state index contributed by atoms with van der Waals surface area (Å²) in [5, 5.41) is 12.1. The Hall–Kier alpha value is -1.71. The number of benzene rings is 1. The molecule has 0 aliphatic carbocycles. The smallest absolute Gasteiger partial charge is 0.308 e. The summed E-state index contributed by atoms with van der Waals surface area (Å²) in [5.41, 5.74) is 2.05. The first-order chi connectivity index (χ1) is 8.62. The number of nitrogens with one attached hydrogen (secondary N) is 1. The van der Waals surface area contributed by atoms with Crippen molar-refractivity contribution in [1.29, 1.82) is 0 Å². The molecule has 1 unspecified atom stereocenters. The van der Waals surface area contributed by atoms with Crippen molar-refractivity contribution in [1.82, 2.24) is 0 Å². The number of carboxylic acid groups (broad SMARTS) is 1. The summed E-state index contributed by atoms with van der Waals surface area (Å²) in [6.07, 6.45) is 1.51. The number of rotatable bonds is 7. The van der Waals surface area contributed by atoms with Crippen LogP contribution in [0, 0.1) is 5.92 Å².